The Balaban J connectivity index is 1.58. The Bertz CT molecular complexity index is 1080. The lowest BCUT2D eigenvalue weighted by molar-refractivity contribution is -0.126. The molecule has 1 saturated heterocycles. The summed E-state index contributed by atoms with van der Waals surface area (Å²) in [5, 5.41) is 0.255. The monoisotopic (exact) mass is 474 g/mol. The quantitative estimate of drug-likeness (QED) is 0.561. The molecule has 0 aliphatic carbocycles. The molecule has 33 heavy (non-hydrogen) atoms. The number of carbonyl (C=O) groups is 2. The number of rotatable bonds is 2. The molecule has 176 valence electrons. The Labute approximate surface area is 198 Å². The molecule has 0 saturated carbocycles. The summed E-state index contributed by atoms with van der Waals surface area (Å²) >= 11 is 5.89. The van der Waals surface area contributed by atoms with Crippen LogP contribution in [0.15, 0.2) is 36.4 Å². The highest BCUT2D eigenvalue weighted by molar-refractivity contribution is 6.30. The number of fused-ring (bicyclic) bond motifs is 1. The summed E-state index contributed by atoms with van der Waals surface area (Å²) in [6.45, 7) is 6.68. The van der Waals surface area contributed by atoms with Crippen LogP contribution in [-0.4, -0.2) is 42.6 Å². The minimum Gasteiger partial charge on any atom is -0.473 e. The van der Waals surface area contributed by atoms with Gasteiger partial charge in [-0.3, -0.25) is 4.79 Å². The first-order valence-electron chi connectivity index (χ1n) is 11.0. The normalized spacial score (nSPS) is 19.2. The third-order valence-electron chi connectivity index (χ3n) is 6.01. The first kappa shape index (κ1) is 23.4. The fraction of sp³-hybridized carbons (Fsp3) is 0.440. The van der Waals surface area contributed by atoms with E-state index in [1.54, 1.807) is 18.0 Å². The van der Waals surface area contributed by atoms with Crippen molar-refractivity contribution in [2.75, 3.05) is 25.0 Å². The molecular formula is C25H28ClFN2O4. The Kier molecular flexibility index (Phi) is 6.27. The molecule has 2 aromatic rings. The van der Waals surface area contributed by atoms with Crippen molar-refractivity contribution in [1.29, 1.82) is 0 Å². The van der Waals surface area contributed by atoms with Gasteiger partial charge in [0.15, 0.2) is 0 Å². The molecule has 2 aliphatic rings. The number of anilines is 1. The van der Waals surface area contributed by atoms with Gasteiger partial charge in [-0.1, -0.05) is 29.8 Å². The van der Waals surface area contributed by atoms with Crippen LogP contribution < -0.4 is 9.64 Å². The fourth-order valence-corrected chi connectivity index (χ4v) is 4.49. The Morgan fingerprint density at radius 2 is 1.85 bits per heavy atom. The van der Waals surface area contributed by atoms with Gasteiger partial charge in [-0.25, -0.2) is 9.18 Å². The molecule has 2 aromatic carbocycles. The van der Waals surface area contributed by atoms with Gasteiger partial charge in [0.05, 0.1) is 5.69 Å². The molecule has 1 atom stereocenters. The van der Waals surface area contributed by atoms with E-state index >= 15 is 0 Å². The van der Waals surface area contributed by atoms with Crippen molar-refractivity contribution in [3.63, 3.8) is 0 Å². The van der Waals surface area contributed by atoms with Gasteiger partial charge in [0.2, 0.25) is 6.10 Å². The molecule has 1 fully saturated rings. The van der Waals surface area contributed by atoms with Crippen LogP contribution in [0.5, 0.6) is 5.75 Å². The second-order valence-corrected chi connectivity index (χ2v) is 9.93. The van der Waals surface area contributed by atoms with Gasteiger partial charge < -0.3 is 19.3 Å². The maximum Gasteiger partial charge on any atom is 0.410 e. The minimum absolute atomic E-state index is 0.135. The predicted octanol–water partition coefficient (Wildman–Crippen LogP) is 5.69. The summed E-state index contributed by atoms with van der Waals surface area (Å²) in [6.07, 6.45) is 0.0616. The number of ether oxygens (including phenoxy) is 2. The zero-order valence-corrected chi connectivity index (χ0v) is 20.0. The third kappa shape index (κ3) is 4.78. The maximum atomic E-state index is 14.6. The van der Waals surface area contributed by atoms with Crippen molar-refractivity contribution in [3.8, 4) is 5.75 Å². The summed E-state index contributed by atoms with van der Waals surface area (Å²) in [4.78, 5) is 28.6. The van der Waals surface area contributed by atoms with E-state index in [4.69, 9.17) is 21.1 Å². The van der Waals surface area contributed by atoms with Crippen LogP contribution in [0.2, 0.25) is 5.02 Å². The average molecular weight is 475 g/mol. The van der Waals surface area contributed by atoms with Gasteiger partial charge in [-0.05, 0) is 63.3 Å². The topological polar surface area (TPSA) is 59.1 Å². The Morgan fingerprint density at radius 3 is 2.48 bits per heavy atom. The van der Waals surface area contributed by atoms with Crippen LogP contribution >= 0.6 is 11.6 Å². The number of nitrogens with zero attached hydrogens (tertiary/aromatic N) is 2. The van der Waals surface area contributed by atoms with Crippen LogP contribution in [-0.2, 0) is 9.53 Å². The van der Waals surface area contributed by atoms with E-state index in [-0.39, 0.29) is 28.5 Å². The molecule has 0 radical (unpaired) electrons. The first-order valence-corrected chi connectivity index (χ1v) is 11.4. The third-order valence-corrected chi connectivity index (χ3v) is 6.24. The van der Waals surface area contributed by atoms with E-state index in [0.717, 1.165) is 18.4 Å². The first-order chi connectivity index (χ1) is 15.5. The number of likely N-dealkylation sites (tertiary alicyclic amines) is 1. The number of hydrogen-bond donors (Lipinski definition) is 0. The van der Waals surface area contributed by atoms with Crippen LogP contribution in [0, 0.1) is 5.82 Å². The number of piperidine rings is 1. The molecule has 1 unspecified atom stereocenters. The van der Waals surface area contributed by atoms with Crippen molar-refractivity contribution in [3.05, 3.63) is 58.4 Å². The van der Waals surface area contributed by atoms with Gasteiger partial charge >= 0.3 is 6.09 Å². The Morgan fingerprint density at radius 1 is 1.15 bits per heavy atom. The highest BCUT2D eigenvalue weighted by atomic mass is 35.5. The van der Waals surface area contributed by atoms with E-state index in [1.807, 2.05) is 39.0 Å². The second kappa shape index (κ2) is 8.86. The van der Waals surface area contributed by atoms with Crippen LogP contribution in [0.1, 0.15) is 56.8 Å². The summed E-state index contributed by atoms with van der Waals surface area (Å²) in [5.41, 5.74) is 1.22. The summed E-state index contributed by atoms with van der Waals surface area (Å²) < 4.78 is 26.3. The molecule has 0 bridgehead atoms. The number of hydrogen-bond acceptors (Lipinski definition) is 4. The molecule has 8 heteroatoms. The molecule has 2 aliphatic heterocycles. The SMILES string of the molecule is CN1C(=O)C(c2ccc(Cl)cc2F)Oc2c(C3CCN(C(=O)OC(C)(C)C)CC3)cccc21. The Hall–Kier alpha value is -2.80. The largest absolute Gasteiger partial charge is 0.473 e. The number of benzene rings is 2. The molecular weight excluding hydrogens is 447 g/mol. The van der Waals surface area contributed by atoms with Crippen molar-refractivity contribution < 1.29 is 23.5 Å². The lowest BCUT2D eigenvalue weighted by atomic mass is 9.88. The molecule has 6 nitrogen and oxygen atoms in total. The van der Waals surface area contributed by atoms with Crippen LogP contribution in [0.25, 0.3) is 0 Å². The number of carbonyl (C=O) groups excluding carboxylic acids is 2. The molecule has 2 amide bonds. The van der Waals surface area contributed by atoms with Gasteiger partial charge in [0, 0.05) is 30.7 Å². The average Bonchev–Trinajstić information content (AvgIpc) is 2.75. The molecule has 0 spiro atoms. The van der Waals surface area contributed by atoms with E-state index < -0.39 is 17.5 Å². The number of likely N-dealkylation sites (N-methyl/N-ethyl adjacent to an activating group) is 1. The highest BCUT2D eigenvalue weighted by Crippen LogP contribution is 2.45. The van der Waals surface area contributed by atoms with Crippen LogP contribution in [0.3, 0.4) is 0 Å². The highest BCUT2D eigenvalue weighted by Gasteiger charge is 2.38. The van der Waals surface area contributed by atoms with Crippen molar-refractivity contribution in [2.45, 2.75) is 51.2 Å². The number of halogens is 2. The van der Waals surface area contributed by atoms with Crippen molar-refractivity contribution in [1.82, 2.24) is 4.90 Å². The zero-order chi connectivity index (χ0) is 23.9. The van der Waals surface area contributed by atoms with E-state index in [1.165, 1.54) is 17.0 Å². The molecule has 0 N–H and O–H groups in total. The van der Waals surface area contributed by atoms with Gasteiger partial charge in [0.25, 0.3) is 5.91 Å². The number of para-hydroxylation sites is 1. The summed E-state index contributed by atoms with van der Waals surface area (Å²) in [5.74, 6) is -0.216. The summed E-state index contributed by atoms with van der Waals surface area (Å²) in [7, 11) is 1.67. The molecule has 2 heterocycles. The van der Waals surface area contributed by atoms with Gasteiger partial charge in [0.1, 0.15) is 17.2 Å². The molecule has 0 aromatic heterocycles. The van der Waals surface area contributed by atoms with Gasteiger partial charge in [-0.15, -0.1) is 0 Å². The van der Waals surface area contributed by atoms with Crippen molar-refractivity contribution in [2.24, 2.45) is 0 Å². The van der Waals surface area contributed by atoms with Crippen LogP contribution in [0.4, 0.5) is 14.9 Å². The fourth-order valence-electron chi connectivity index (χ4n) is 4.33. The maximum absolute atomic E-state index is 14.6. The number of amides is 2. The van der Waals surface area contributed by atoms with Gasteiger partial charge in [-0.2, -0.15) is 0 Å². The second-order valence-electron chi connectivity index (χ2n) is 9.50. The zero-order valence-electron chi connectivity index (χ0n) is 19.2. The lowest BCUT2D eigenvalue weighted by Crippen LogP contribution is -2.42. The smallest absolute Gasteiger partial charge is 0.410 e. The molecule has 4 rings (SSSR count). The minimum atomic E-state index is -1.09. The van der Waals surface area contributed by atoms with Crippen molar-refractivity contribution >= 4 is 29.3 Å². The van der Waals surface area contributed by atoms with E-state index in [0.29, 0.717) is 24.5 Å². The van der Waals surface area contributed by atoms with E-state index in [2.05, 4.69) is 0 Å². The predicted molar refractivity (Wildman–Crippen MR) is 124 cm³/mol. The standard InChI is InChI=1S/C25H28ClFN2O4/c1-25(2,3)33-24(31)29-12-10-15(11-13-29)17-6-5-7-20-21(17)32-22(23(30)28(20)4)18-9-8-16(26)14-19(18)27/h5-9,14-15,22H,10-13H2,1-4H3. The lowest BCUT2D eigenvalue weighted by Gasteiger charge is -2.37. The van der Waals surface area contributed by atoms with E-state index in [9.17, 15) is 14.0 Å². The summed E-state index contributed by atoms with van der Waals surface area (Å²) in [6, 6.07) is 9.91.